The Morgan fingerprint density at radius 3 is 2.00 bits per heavy atom. The molecule has 18 heavy (non-hydrogen) atoms. The van der Waals surface area contributed by atoms with Gasteiger partial charge in [0, 0.05) is 26.1 Å². The lowest BCUT2D eigenvalue weighted by Gasteiger charge is -2.25. The van der Waals surface area contributed by atoms with Crippen LogP contribution in [0.1, 0.15) is 47.0 Å². The van der Waals surface area contributed by atoms with E-state index in [9.17, 15) is 9.59 Å². The summed E-state index contributed by atoms with van der Waals surface area (Å²) in [6.07, 6.45) is 1.52. The van der Waals surface area contributed by atoms with Crippen LogP contribution in [0, 0.1) is 0 Å². The normalized spacial score (nSPS) is 11.2. The van der Waals surface area contributed by atoms with E-state index in [1.807, 2.05) is 27.7 Å². The van der Waals surface area contributed by atoms with Crippen molar-refractivity contribution in [1.29, 1.82) is 0 Å². The zero-order valence-corrected chi connectivity index (χ0v) is 12.1. The minimum atomic E-state index is -0.807. The fourth-order valence-electron chi connectivity index (χ4n) is 1.76. The molecule has 2 amide bonds. The maximum atomic E-state index is 11.9. The van der Waals surface area contributed by atoms with Gasteiger partial charge in [0.2, 0.25) is 11.8 Å². The summed E-state index contributed by atoms with van der Waals surface area (Å²) in [4.78, 5) is 25.3. The van der Waals surface area contributed by atoms with Gasteiger partial charge in [0.25, 0.3) is 0 Å². The molecule has 0 saturated carbocycles. The van der Waals surface area contributed by atoms with E-state index in [4.69, 9.17) is 5.73 Å². The second kappa shape index (κ2) is 8.08. The number of nitrogens with two attached hydrogens (primary N) is 1. The van der Waals surface area contributed by atoms with E-state index in [0.29, 0.717) is 38.9 Å². The molecule has 5 heteroatoms. The van der Waals surface area contributed by atoms with Crippen LogP contribution in [0.15, 0.2) is 0 Å². The Morgan fingerprint density at radius 2 is 1.61 bits per heavy atom. The summed E-state index contributed by atoms with van der Waals surface area (Å²) in [6, 6.07) is 0. The van der Waals surface area contributed by atoms with Crippen molar-refractivity contribution < 1.29 is 9.59 Å². The molecular formula is C13H27N3O2. The molecule has 0 aromatic heterocycles. The highest BCUT2D eigenvalue weighted by atomic mass is 16.2. The Hall–Kier alpha value is -1.10. The van der Waals surface area contributed by atoms with Crippen LogP contribution in [0.5, 0.6) is 0 Å². The summed E-state index contributed by atoms with van der Waals surface area (Å²) in [7, 11) is 0. The molecule has 0 aliphatic carbocycles. The number of rotatable bonds is 8. The van der Waals surface area contributed by atoms with Gasteiger partial charge >= 0.3 is 0 Å². The summed E-state index contributed by atoms with van der Waals surface area (Å²) < 4.78 is 0. The number of carbonyl (C=O) groups is 2. The van der Waals surface area contributed by atoms with Crippen LogP contribution in [0.4, 0.5) is 0 Å². The molecule has 5 nitrogen and oxygen atoms in total. The molecule has 0 unspecified atom stereocenters. The van der Waals surface area contributed by atoms with Crippen LogP contribution < -0.4 is 11.1 Å². The van der Waals surface area contributed by atoms with Gasteiger partial charge in [0.1, 0.15) is 0 Å². The average molecular weight is 257 g/mol. The molecule has 0 aromatic carbocycles. The van der Waals surface area contributed by atoms with Crippen molar-refractivity contribution in [2.24, 2.45) is 5.73 Å². The topological polar surface area (TPSA) is 75.4 Å². The van der Waals surface area contributed by atoms with Gasteiger partial charge in [-0.05, 0) is 26.7 Å². The summed E-state index contributed by atoms with van der Waals surface area (Å²) in [5.41, 5.74) is 5.15. The molecule has 0 spiro atoms. The Balaban J connectivity index is 4.12. The van der Waals surface area contributed by atoms with Crippen molar-refractivity contribution in [3.8, 4) is 0 Å². The average Bonchev–Trinajstić information content (AvgIpc) is 2.39. The number of hydrogen-bond donors (Lipinski definition) is 2. The molecule has 0 saturated heterocycles. The number of carbonyl (C=O) groups excluding carboxylic acids is 2. The van der Waals surface area contributed by atoms with E-state index < -0.39 is 5.54 Å². The van der Waals surface area contributed by atoms with E-state index in [-0.39, 0.29) is 11.8 Å². The molecule has 0 bridgehead atoms. The van der Waals surface area contributed by atoms with Gasteiger partial charge in [0.15, 0.2) is 0 Å². The maximum Gasteiger partial charge on any atom is 0.240 e. The second-order valence-corrected chi connectivity index (χ2v) is 4.44. The van der Waals surface area contributed by atoms with E-state index in [0.717, 1.165) is 0 Å². The van der Waals surface area contributed by atoms with Gasteiger partial charge in [-0.2, -0.15) is 0 Å². The minimum Gasteiger partial charge on any atom is -0.354 e. The van der Waals surface area contributed by atoms with Gasteiger partial charge < -0.3 is 16.0 Å². The summed E-state index contributed by atoms with van der Waals surface area (Å²) in [5.74, 6) is -0.101. The highest BCUT2D eigenvalue weighted by molar-refractivity contribution is 5.86. The third kappa shape index (κ3) is 4.64. The van der Waals surface area contributed by atoms with Crippen molar-refractivity contribution in [1.82, 2.24) is 10.2 Å². The molecule has 0 aromatic rings. The fourth-order valence-corrected chi connectivity index (χ4v) is 1.76. The van der Waals surface area contributed by atoms with Crippen LogP contribution >= 0.6 is 0 Å². The van der Waals surface area contributed by atoms with Crippen LogP contribution in [0.2, 0.25) is 0 Å². The van der Waals surface area contributed by atoms with E-state index >= 15 is 0 Å². The molecule has 0 aliphatic rings. The molecule has 0 rings (SSSR count). The second-order valence-electron chi connectivity index (χ2n) is 4.44. The largest absolute Gasteiger partial charge is 0.354 e. The van der Waals surface area contributed by atoms with Crippen molar-refractivity contribution in [2.75, 3.05) is 19.6 Å². The minimum absolute atomic E-state index is 0.0657. The first kappa shape index (κ1) is 16.9. The van der Waals surface area contributed by atoms with Crippen LogP contribution in [0.3, 0.4) is 0 Å². The molecule has 0 radical (unpaired) electrons. The first-order valence-corrected chi connectivity index (χ1v) is 6.80. The van der Waals surface area contributed by atoms with Crippen molar-refractivity contribution in [3.63, 3.8) is 0 Å². The number of nitrogens with zero attached hydrogens (tertiary/aromatic N) is 1. The lowest BCUT2D eigenvalue weighted by atomic mass is 9.93. The molecule has 0 aliphatic heterocycles. The van der Waals surface area contributed by atoms with E-state index in [1.54, 1.807) is 4.90 Å². The molecule has 0 fully saturated rings. The van der Waals surface area contributed by atoms with Crippen LogP contribution in [-0.4, -0.2) is 41.9 Å². The van der Waals surface area contributed by atoms with Gasteiger partial charge in [-0.1, -0.05) is 13.8 Å². The first-order chi connectivity index (χ1) is 8.45. The quantitative estimate of drug-likeness (QED) is 0.677. The third-order valence-electron chi connectivity index (χ3n) is 3.45. The molecule has 0 heterocycles. The Kier molecular flexibility index (Phi) is 7.59. The molecule has 106 valence electrons. The zero-order chi connectivity index (χ0) is 14.2. The fraction of sp³-hybridized carbons (Fsp3) is 0.846. The predicted molar refractivity (Wildman–Crippen MR) is 73.1 cm³/mol. The van der Waals surface area contributed by atoms with Gasteiger partial charge in [0.05, 0.1) is 5.54 Å². The smallest absolute Gasteiger partial charge is 0.240 e. The van der Waals surface area contributed by atoms with Crippen LogP contribution in [-0.2, 0) is 9.59 Å². The third-order valence-corrected chi connectivity index (χ3v) is 3.45. The monoisotopic (exact) mass is 257 g/mol. The Morgan fingerprint density at radius 1 is 1.11 bits per heavy atom. The first-order valence-electron chi connectivity index (χ1n) is 6.80. The number of hydrogen-bond acceptors (Lipinski definition) is 3. The maximum absolute atomic E-state index is 11.9. The molecule has 3 N–H and O–H groups in total. The van der Waals surface area contributed by atoms with E-state index in [2.05, 4.69) is 5.32 Å². The highest BCUT2D eigenvalue weighted by Crippen LogP contribution is 2.10. The van der Waals surface area contributed by atoms with Crippen LogP contribution in [0.25, 0.3) is 0 Å². The van der Waals surface area contributed by atoms with Gasteiger partial charge in [-0.3, -0.25) is 9.59 Å². The van der Waals surface area contributed by atoms with Crippen molar-refractivity contribution in [3.05, 3.63) is 0 Å². The summed E-state index contributed by atoms with van der Waals surface area (Å²) in [5, 5.41) is 2.75. The molecule has 0 atom stereocenters. The SMILES string of the molecule is CCN(CC)C(=O)CCNC(=O)C(N)(CC)CC. The number of amides is 2. The lowest BCUT2D eigenvalue weighted by molar-refractivity contribution is -0.131. The zero-order valence-electron chi connectivity index (χ0n) is 12.1. The standard InChI is InChI=1S/C13H27N3O2/c1-5-13(14,6-2)12(18)15-10-9-11(17)16(7-3)8-4/h5-10,14H2,1-4H3,(H,15,18). The Bertz CT molecular complexity index is 271. The van der Waals surface area contributed by atoms with Gasteiger partial charge in [-0.25, -0.2) is 0 Å². The Labute approximate surface area is 110 Å². The van der Waals surface area contributed by atoms with Crippen molar-refractivity contribution >= 4 is 11.8 Å². The molecular weight excluding hydrogens is 230 g/mol. The summed E-state index contributed by atoms with van der Waals surface area (Å²) in [6.45, 7) is 9.43. The highest BCUT2D eigenvalue weighted by Gasteiger charge is 2.29. The van der Waals surface area contributed by atoms with Crippen molar-refractivity contribution in [2.45, 2.75) is 52.5 Å². The van der Waals surface area contributed by atoms with Gasteiger partial charge in [-0.15, -0.1) is 0 Å². The lowest BCUT2D eigenvalue weighted by Crippen LogP contribution is -2.53. The summed E-state index contributed by atoms with van der Waals surface area (Å²) >= 11 is 0. The van der Waals surface area contributed by atoms with E-state index in [1.165, 1.54) is 0 Å². The predicted octanol–water partition coefficient (Wildman–Crippen LogP) is 0.879. The number of nitrogens with one attached hydrogen (secondary N) is 1.